The van der Waals surface area contributed by atoms with Gasteiger partial charge in [0.25, 0.3) is 0 Å². The third-order valence-electron chi connectivity index (χ3n) is 2.10. The van der Waals surface area contributed by atoms with Gasteiger partial charge in [-0.1, -0.05) is 12.8 Å². The second-order valence-electron chi connectivity index (χ2n) is 3.39. The molecule has 92 valence electrons. The van der Waals surface area contributed by atoms with Crippen molar-refractivity contribution < 1.29 is 16.5 Å². The van der Waals surface area contributed by atoms with Crippen LogP contribution in [0.4, 0.5) is 0 Å². The molecule has 0 aromatic heterocycles. The van der Waals surface area contributed by atoms with Crippen LogP contribution in [0.3, 0.4) is 0 Å². The summed E-state index contributed by atoms with van der Waals surface area (Å²) in [6, 6.07) is 0. The zero-order valence-corrected chi connectivity index (χ0v) is 10.2. The van der Waals surface area contributed by atoms with Gasteiger partial charge in [-0.25, -0.2) is 0 Å². The molecule has 0 aromatic rings. The van der Waals surface area contributed by atoms with E-state index in [-0.39, 0.29) is 16.5 Å². The number of nitrogens with zero attached hydrogens (tertiary/aromatic N) is 4. The topological polar surface area (TPSA) is 56.4 Å². The van der Waals surface area contributed by atoms with Crippen LogP contribution in [0.5, 0.6) is 0 Å². The third kappa shape index (κ3) is 10.6. The van der Waals surface area contributed by atoms with Gasteiger partial charge in [0.1, 0.15) is 0 Å². The van der Waals surface area contributed by atoms with Crippen molar-refractivity contribution in [2.45, 2.75) is 12.8 Å². The smallest absolute Gasteiger partial charge is 0.664 e. The summed E-state index contributed by atoms with van der Waals surface area (Å²) < 4.78 is 0. The molecule has 0 amide bonds. The van der Waals surface area contributed by atoms with Crippen LogP contribution in [-0.2, 0) is 16.5 Å². The second-order valence-corrected chi connectivity index (χ2v) is 3.39. The van der Waals surface area contributed by atoms with Gasteiger partial charge in [-0.05, 0) is 0 Å². The van der Waals surface area contributed by atoms with E-state index in [4.69, 9.17) is 0 Å². The van der Waals surface area contributed by atoms with Crippen LogP contribution in [0.2, 0.25) is 0 Å². The van der Waals surface area contributed by atoms with E-state index < -0.39 is 0 Å². The minimum absolute atomic E-state index is 0. The molecule has 0 aliphatic carbocycles. The molecule has 1 heterocycles. The molecule has 1 saturated heterocycles. The van der Waals surface area contributed by atoms with Gasteiger partial charge >= 0.3 is 16.5 Å². The molecule has 0 aromatic carbocycles. The van der Waals surface area contributed by atoms with Crippen LogP contribution in [0.15, 0.2) is 0 Å². The van der Waals surface area contributed by atoms with Gasteiger partial charge in [0.05, 0.1) is 0 Å². The molecule has 1 aliphatic rings. The molecular formula is C10H20N4Ni-2. The van der Waals surface area contributed by atoms with Crippen molar-refractivity contribution in [1.82, 2.24) is 0 Å². The largest absolute Gasteiger partial charge is 2.00 e. The average Bonchev–Trinajstić information content (AvgIpc) is 2.22. The van der Waals surface area contributed by atoms with E-state index in [0.717, 1.165) is 65.2 Å². The maximum Gasteiger partial charge on any atom is 2.00 e. The monoisotopic (exact) mass is 254 g/mol. The predicted octanol–water partition coefficient (Wildman–Crippen LogP) is 2.27. The summed E-state index contributed by atoms with van der Waals surface area (Å²) in [5.41, 5.74) is 0. The Morgan fingerprint density at radius 3 is 0.933 bits per heavy atom. The van der Waals surface area contributed by atoms with Crippen molar-refractivity contribution in [1.29, 1.82) is 0 Å². The Kier molecular flexibility index (Phi) is 12.7. The fourth-order valence-electron chi connectivity index (χ4n) is 1.32. The zero-order valence-electron chi connectivity index (χ0n) is 9.18. The number of hydrogen-bond acceptors (Lipinski definition) is 0. The molecule has 0 radical (unpaired) electrons. The van der Waals surface area contributed by atoms with Crippen molar-refractivity contribution in [3.63, 3.8) is 0 Å². The molecule has 15 heavy (non-hydrogen) atoms. The summed E-state index contributed by atoms with van der Waals surface area (Å²) in [4.78, 5) is 0. The summed E-state index contributed by atoms with van der Waals surface area (Å²) in [6.45, 7) is 7.31. The molecular weight excluding hydrogens is 235 g/mol. The van der Waals surface area contributed by atoms with Crippen molar-refractivity contribution in [2.24, 2.45) is 0 Å². The number of rotatable bonds is 0. The molecule has 1 aliphatic heterocycles. The van der Waals surface area contributed by atoms with Gasteiger partial charge in [-0.2, -0.15) is 52.4 Å². The molecule has 1 rings (SSSR count). The van der Waals surface area contributed by atoms with Crippen molar-refractivity contribution in [3.05, 3.63) is 21.3 Å². The standard InChI is InChI=1S/C10H20N4.Ni/c1-3-11-7-9-13-5-2-6-14-10-8-12-4-1;/h1-10H2;/q-4;+2. The molecule has 1 fully saturated rings. The van der Waals surface area contributed by atoms with E-state index in [2.05, 4.69) is 21.3 Å². The minimum Gasteiger partial charge on any atom is -0.664 e. The summed E-state index contributed by atoms with van der Waals surface area (Å²) >= 11 is 0. The van der Waals surface area contributed by atoms with Crippen molar-refractivity contribution >= 4 is 0 Å². The molecule has 5 heteroatoms. The maximum atomic E-state index is 4.38. The first-order valence-corrected chi connectivity index (χ1v) is 5.53. The maximum absolute atomic E-state index is 4.38. The SMILES string of the molecule is C1C[N-]CC[N-]CCC[N-]CC[N-]C1.[Ni+2]. The van der Waals surface area contributed by atoms with Gasteiger partial charge in [0.15, 0.2) is 0 Å². The first kappa shape index (κ1) is 15.3. The van der Waals surface area contributed by atoms with Crippen LogP contribution < -0.4 is 0 Å². The fourth-order valence-corrected chi connectivity index (χ4v) is 1.32. The van der Waals surface area contributed by atoms with Gasteiger partial charge in [-0.15, -0.1) is 0 Å². The van der Waals surface area contributed by atoms with Crippen molar-refractivity contribution in [3.8, 4) is 0 Å². The van der Waals surface area contributed by atoms with Crippen LogP contribution in [0.25, 0.3) is 21.3 Å². The second kappa shape index (κ2) is 12.4. The summed E-state index contributed by atoms with van der Waals surface area (Å²) in [5.74, 6) is 0. The summed E-state index contributed by atoms with van der Waals surface area (Å²) in [6.07, 6.45) is 2.17. The van der Waals surface area contributed by atoms with E-state index in [1.165, 1.54) is 0 Å². The van der Waals surface area contributed by atoms with Crippen LogP contribution in [0.1, 0.15) is 12.8 Å². The minimum atomic E-state index is 0. The Hall–Kier alpha value is 0.334. The molecule has 0 unspecified atom stereocenters. The van der Waals surface area contributed by atoms with Crippen molar-refractivity contribution in [2.75, 3.05) is 52.4 Å². The molecule has 0 saturated carbocycles. The summed E-state index contributed by atoms with van der Waals surface area (Å²) in [5, 5.41) is 17.5. The van der Waals surface area contributed by atoms with E-state index in [9.17, 15) is 0 Å². The average molecular weight is 255 g/mol. The molecule has 0 spiro atoms. The Morgan fingerprint density at radius 2 is 0.667 bits per heavy atom. The van der Waals surface area contributed by atoms with Crippen LogP contribution in [-0.4, -0.2) is 52.4 Å². The first-order valence-electron chi connectivity index (χ1n) is 5.53. The molecule has 0 atom stereocenters. The van der Waals surface area contributed by atoms with Crippen LogP contribution >= 0.6 is 0 Å². The number of hydrogen-bond donors (Lipinski definition) is 0. The van der Waals surface area contributed by atoms with Gasteiger partial charge in [-0.3, -0.25) is 0 Å². The summed E-state index contributed by atoms with van der Waals surface area (Å²) in [7, 11) is 0. The Bertz CT molecular complexity index is 70.7. The van der Waals surface area contributed by atoms with Gasteiger partial charge < -0.3 is 21.3 Å². The Labute approximate surface area is 103 Å². The van der Waals surface area contributed by atoms with Crippen LogP contribution in [0, 0.1) is 0 Å². The van der Waals surface area contributed by atoms with Gasteiger partial charge in [0, 0.05) is 0 Å². The van der Waals surface area contributed by atoms with E-state index in [0.29, 0.717) is 0 Å². The quantitative estimate of drug-likeness (QED) is 0.596. The fraction of sp³-hybridized carbons (Fsp3) is 1.00. The normalized spacial score (nSPS) is 22.4. The third-order valence-corrected chi connectivity index (χ3v) is 2.10. The molecule has 0 bridgehead atoms. The Balaban J connectivity index is 0.00000196. The molecule has 0 N–H and O–H groups in total. The van der Waals surface area contributed by atoms with E-state index in [1.54, 1.807) is 0 Å². The van der Waals surface area contributed by atoms with E-state index in [1.807, 2.05) is 0 Å². The predicted molar refractivity (Wildman–Crippen MR) is 61.6 cm³/mol. The van der Waals surface area contributed by atoms with E-state index >= 15 is 0 Å². The zero-order chi connectivity index (χ0) is 9.90. The Morgan fingerprint density at radius 1 is 0.400 bits per heavy atom. The molecule has 4 nitrogen and oxygen atoms in total. The first-order chi connectivity index (χ1) is 7.00. The van der Waals surface area contributed by atoms with Gasteiger partial charge in [0.2, 0.25) is 0 Å².